The van der Waals surface area contributed by atoms with Gasteiger partial charge in [-0.25, -0.2) is 0 Å². The second-order valence-corrected chi connectivity index (χ2v) is 6.70. The predicted molar refractivity (Wildman–Crippen MR) is 99.2 cm³/mol. The topological polar surface area (TPSA) is 82.9 Å². The minimum Gasteiger partial charge on any atom is -0.456 e. The number of nitrogens with zero attached hydrogens (tertiary/aromatic N) is 2. The van der Waals surface area contributed by atoms with E-state index in [1.54, 1.807) is 6.92 Å². The van der Waals surface area contributed by atoms with Crippen LogP contribution in [0.2, 0.25) is 0 Å². The molecule has 2 rings (SSSR count). The number of rotatable bonds is 7. The summed E-state index contributed by atoms with van der Waals surface area (Å²) in [6.07, 6.45) is 1.51. The Morgan fingerprint density at radius 2 is 1.96 bits per heavy atom. The predicted octanol–water partition coefficient (Wildman–Crippen LogP) is 1.40. The van der Waals surface area contributed by atoms with Crippen LogP contribution >= 0.6 is 0 Å². The lowest BCUT2D eigenvalue weighted by molar-refractivity contribution is -0.135. The summed E-state index contributed by atoms with van der Waals surface area (Å²) >= 11 is 0. The molecule has 1 aliphatic rings. The maximum absolute atomic E-state index is 12.8. The summed E-state index contributed by atoms with van der Waals surface area (Å²) in [6.45, 7) is 10.4. The van der Waals surface area contributed by atoms with Crippen LogP contribution in [0.3, 0.4) is 0 Å². The molecule has 1 aliphatic heterocycles. The molecule has 2 atom stereocenters. The fraction of sp³-hybridized carbons (Fsp3) is 0.632. The third-order valence-electron chi connectivity index (χ3n) is 4.72. The average Bonchev–Trinajstić information content (AvgIpc) is 2.97. The van der Waals surface area contributed by atoms with E-state index in [4.69, 9.17) is 4.42 Å². The van der Waals surface area contributed by atoms with Crippen molar-refractivity contribution in [2.75, 3.05) is 26.2 Å². The Kier molecular flexibility index (Phi) is 6.97. The fourth-order valence-corrected chi connectivity index (χ4v) is 3.52. The van der Waals surface area contributed by atoms with E-state index in [-0.39, 0.29) is 29.2 Å². The smallest absolute Gasteiger partial charge is 0.287 e. The Balaban J connectivity index is 2.09. The molecular weight excluding hydrogens is 334 g/mol. The van der Waals surface area contributed by atoms with Crippen molar-refractivity contribution in [3.63, 3.8) is 0 Å². The summed E-state index contributed by atoms with van der Waals surface area (Å²) in [5.74, 6) is 0.109. The molecule has 2 amide bonds. The Labute approximate surface area is 154 Å². The first-order chi connectivity index (χ1) is 12.4. The Hall–Kier alpha value is -2.15. The maximum atomic E-state index is 12.8. The van der Waals surface area contributed by atoms with Gasteiger partial charge in [0.05, 0.1) is 6.04 Å². The third-order valence-corrected chi connectivity index (χ3v) is 4.72. The van der Waals surface area contributed by atoms with E-state index in [2.05, 4.69) is 17.1 Å². The van der Waals surface area contributed by atoms with Crippen molar-refractivity contribution in [3.05, 3.63) is 33.9 Å². The van der Waals surface area contributed by atoms with E-state index in [1.807, 2.05) is 18.7 Å². The van der Waals surface area contributed by atoms with E-state index in [0.29, 0.717) is 31.8 Å². The molecule has 0 spiro atoms. The first kappa shape index (κ1) is 20.2. The second kappa shape index (κ2) is 8.98. The van der Waals surface area contributed by atoms with Gasteiger partial charge in [0.25, 0.3) is 5.91 Å². The zero-order chi connectivity index (χ0) is 19.3. The Bertz CT molecular complexity index is 696. The highest BCUT2D eigenvalue weighted by atomic mass is 16.3. The van der Waals surface area contributed by atoms with Crippen LogP contribution in [-0.2, 0) is 4.79 Å². The SMILES string of the molecule is CCCN1C[C@H](NC(=O)c2cc(=O)cc(C)o2)C[C@H]1C(=O)N(CC)CC. The van der Waals surface area contributed by atoms with Gasteiger partial charge in [0, 0.05) is 37.8 Å². The van der Waals surface area contributed by atoms with Gasteiger partial charge in [-0.1, -0.05) is 6.92 Å². The van der Waals surface area contributed by atoms with E-state index in [9.17, 15) is 14.4 Å². The van der Waals surface area contributed by atoms with Crippen LogP contribution in [0.25, 0.3) is 0 Å². The van der Waals surface area contributed by atoms with Crippen LogP contribution in [0.15, 0.2) is 21.3 Å². The van der Waals surface area contributed by atoms with Gasteiger partial charge in [-0.15, -0.1) is 0 Å². The number of hydrogen-bond donors (Lipinski definition) is 1. The quantitative estimate of drug-likeness (QED) is 0.792. The first-order valence-corrected chi connectivity index (χ1v) is 9.35. The zero-order valence-corrected chi connectivity index (χ0v) is 16.1. The lowest BCUT2D eigenvalue weighted by atomic mass is 10.1. The van der Waals surface area contributed by atoms with Crippen molar-refractivity contribution in [3.8, 4) is 0 Å². The number of carbonyl (C=O) groups excluding carboxylic acids is 2. The molecule has 1 aromatic heterocycles. The number of nitrogens with one attached hydrogen (secondary N) is 1. The molecule has 2 heterocycles. The van der Waals surface area contributed by atoms with Gasteiger partial charge in [-0.05, 0) is 40.2 Å². The average molecular weight is 363 g/mol. The highest BCUT2D eigenvalue weighted by Gasteiger charge is 2.38. The Morgan fingerprint density at radius 1 is 1.27 bits per heavy atom. The molecule has 1 N–H and O–H groups in total. The minimum atomic E-state index is -0.414. The van der Waals surface area contributed by atoms with Gasteiger partial charge in [0.2, 0.25) is 5.91 Å². The van der Waals surface area contributed by atoms with Crippen LogP contribution in [0, 0.1) is 6.92 Å². The molecule has 0 saturated carbocycles. The molecule has 0 bridgehead atoms. The third kappa shape index (κ3) is 4.72. The molecule has 0 radical (unpaired) electrons. The summed E-state index contributed by atoms with van der Waals surface area (Å²) < 4.78 is 5.35. The molecule has 7 nitrogen and oxygen atoms in total. The number of carbonyl (C=O) groups is 2. The zero-order valence-electron chi connectivity index (χ0n) is 16.1. The van der Waals surface area contributed by atoms with Gasteiger partial charge < -0.3 is 14.6 Å². The maximum Gasteiger partial charge on any atom is 0.287 e. The van der Waals surface area contributed by atoms with Gasteiger partial charge in [-0.2, -0.15) is 0 Å². The number of amides is 2. The first-order valence-electron chi connectivity index (χ1n) is 9.35. The largest absolute Gasteiger partial charge is 0.456 e. The van der Waals surface area contributed by atoms with Crippen LogP contribution < -0.4 is 10.7 Å². The standard InChI is InChI=1S/C19H29N3O4/c1-5-8-22-12-14(10-16(22)19(25)21(6-2)7-3)20-18(24)17-11-15(23)9-13(4)26-17/h9,11,14,16H,5-8,10,12H2,1-4H3,(H,20,24)/t14-,16+/m1/s1. The molecule has 1 fully saturated rings. The number of hydrogen-bond acceptors (Lipinski definition) is 5. The molecule has 0 aliphatic carbocycles. The van der Waals surface area contributed by atoms with Crippen molar-refractivity contribution in [1.29, 1.82) is 0 Å². The van der Waals surface area contributed by atoms with Gasteiger partial charge in [0.1, 0.15) is 5.76 Å². The van der Waals surface area contributed by atoms with Crippen LogP contribution in [0.4, 0.5) is 0 Å². The molecular formula is C19H29N3O4. The summed E-state index contributed by atoms with van der Waals surface area (Å²) in [5, 5.41) is 2.91. The van der Waals surface area contributed by atoms with E-state index in [0.717, 1.165) is 13.0 Å². The highest BCUT2D eigenvalue weighted by molar-refractivity contribution is 5.91. The van der Waals surface area contributed by atoms with Crippen molar-refractivity contribution in [1.82, 2.24) is 15.1 Å². The van der Waals surface area contributed by atoms with E-state index in [1.165, 1.54) is 12.1 Å². The number of aryl methyl sites for hydroxylation is 1. The fourth-order valence-electron chi connectivity index (χ4n) is 3.52. The van der Waals surface area contributed by atoms with Crippen LogP contribution in [0.5, 0.6) is 0 Å². The van der Waals surface area contributed by atoms with E-state index < -0.39 is 5.91 Å². The number of likely N-dealkylation sites (N-methyl/N-ethyl adjacent to an activating group) is 1. The molecule has 7 heteroatoms. The Morgan fingerprint density at radius 3 is 2.54 bits per heavy atom. The highest BCUT2D eigenvalue weighted by Crippen LogP contribution is 2.21. The van der Waals surface area contributed by atoms with Crippen molar-refractivity contribution >= 4 is 11.8 Å². The van der Waals surface area contributed by atoms with Crippen molar-refractivity contribution in [2.45, 2.75) is 52.6 Å². The summed E-state index contributed by atoms with van der Waals surface area (Å²) in [4.78, 5) is 40.8. The van der Waals surface area contributed by atoms with Gasteiger partial charge in [0.15, 0.2) is 11.2 Å². The molecule has 144 valence electrons. The minimum absolute atomic E-state index is 0.00978. The molecule has 1 saturated heterocycles. The second-order valence-electron chi connectivity index (χ2n) is 6.70. The normalized spacial score (nSPS) is 20.2. The lowest BCUT2D eigenvalue weighted by Crippen LogP contribution is -2.45. The van der Waals surface area contributed by atoms with Gasteiger partial charge >= 0.3 is 0 Å². The molecule has 26 heavy (non-hydrogen) atoms. The van der Waals surface area contributed by atoms with Crippen molar-refractivity contribution < 1.29 is 14.0 Å². The molecule has 0 unspecified atom stereocenters. The van der Waals surface area contributed by atoms with E-state index >= 15 is 0 Å². The monoisotopic (exact) mass is 363 g/mol. The summed E-state index contributed by atoms with van der Waals surface area (Å²) in [6, 6.07) is 2.17. The lowest BCUT2D eigenvalue weighted by Gasteiger charge is -2.28. The molecule has 1 aromatic rings. The van der Waals surface area contributed by atoms with Gasteiger partial charge in [-0.3, -0.25) is 19.3 Å². The van der Waals surface area contributed by atoms with Crippen molar-refractivity contribution in [2.24, 2.45) is 0 Å². The summed E-state index contributed by atoms with van der Waals surface area (Å²) in [7, 11) is 0. The van der Waals surface area contributed by atoms with Crippen LogP contribution in [0.1, 0.15) is 49.9 Å². The number of likely N-dealkylation sites (tertiary alicyclic amines) is 1. The molecule has 0 aromatic carbocycles. The van der Waals surface area contributed by atoms with Crippen LogP contribution in [-0.4, -0.2) is 59.9 Å². The summed E-state index contributed by atoms with van der Waals surface area (Å²) in [5.41, 5.74) is -0.257.